The zero-order chi connectivity index (χ0) is 22.6. The maximum atomic E-state index is 12.3. The van der Waals surface area contributed by atoms with Crippen molar-refractivity contribution in [3.8, 4) is 0 Å². The molecule has 1 fully saturated rings. The summed E-state index contributed by atoms with van der Waals surface area (Å²) in [5.74, 6) is -3.22. The van der Waals surface area contributed by atoms with Crippen molar-refractivity contribution in [1.82, 2.24) is 0 Å². The summed E-state index contributed by atoms with van der Waals surface area (Å²) in [5, 5.41) is 78.8. The largest absolute Gasteiger partial charge is 0.505 e. The molecule has 0 saturated carbocycles. The van der Waals surface area contributed by atoms with E-state index >= 15 is 0 Å². The quantitative estimate of drug-likeness (QED) is 0.121. The van der Waals surface area contributed by atoms with E-state index < -0.39 is 92.2 Å². The van der Waals surface area contributed by atoms with Crippen LogP contribution in [-0.2, 0) is 23.7 Å². The molecule has 0 spiro atoms. The zero-order valence-electron chi connectivity index (χ0n) is 15.8. The number of hydrogen-bond acceptors (Lipinski definition) is 13. The van der Waals surface area contributed by atoms with Crippen molar-refractivity contribution in [3.63, 3.8) is 0 Å². The van der Waals surface area contributed by atoms with E-state index in [0.717, 1.165) is 6.26 Å². The fourth-order valence-electron chi connectivity index (χ4n) is 3.14. The summed E-state index contributed by atoms with van der Waals surface area (Å²) in [5.41, 5.74) is -2.27. The van der Waals surface area contributed by atoms with Gasteiger partial charge in [0.2, 0.25) is 17.7 Å². The lowest BCUT2D eigenvalue weighted by Crippen LogP contribution is -2.59. The number of carbonyl (C=O) groups is 1. The normalized spacial score (nSPS) is 36.2. The second-order valence-electron chi connectivity index (χ2n) is 6.83. The van der Waals surface area contributed by atoms with Crippen molar-refractivity contribution in [3.05, 3.63) is 24.4 Å². The standard InChI is InChI=1S/C17H26O13/c1-2-27-6-9(21)17(3-7(20)4-18)14(25)13(15(26)30-17)29-16-12(24)11(23)10(22)8(5-19)28-16/h2,7-12,16,18-25H,1,3-6H2/t7?,8-,9+,10-,11+,12-,16?,17-/m1/s1. The monoisotopic (exact) mass is 438 g/mol. The number of cyclic esters (lactones) is 1. The van der Waals surface area contributed by atoms with Crippen LogP contribution in [0.3, 0.4) is 0 Å². The number of carbonyl (C=O) groups excluding carboxylic acids is 1. The van der Waals surface area contributed by atoms with Crippen LogP contribution in [0.25, 0.3) is 0 Å². The lowest BCUT2D eigenvalue weighted by molar-refractivity contribution is -0.291. The van der Waals surface area contributed by atoms with Crippen LogP contribution in [0.2, 0.25) is 0 Å². The molecule has 0 amide bonds. The van der Waals surface area contributed by atoms with E-state index in [9.17, 15) is 40.5 Å². The predicted octanol–water partition coefficient (Wildman–Crippen LogP) is -3.87. The minimum absolute atomic E-state index is 0.522. The van der Waals surface area contributed by atoms with Crippen LogP contribution in [-0.4, -0.2) is 115 Å². The Morgan fingerprint density at radius 2 is 1.83 bits per heavy atom. The van der Waals surface area contributed by atoms with Crippen molar-refractivity contribution in [2.24, 2.45) is 0 Å². The molecule has 13 heteroatoms. The molecule has 0 aliphatic carbocycles. The first kappa shape index (κ1) is 24.3. The summed E-state index contributed by atoms with van der Waals surface area (Å²) in [6.07, 6.45) is -11.5. The Kier molecular flexibility index (Phi) is 8.01. The van der Waals surface area contributed by atoms with Crippen molar-refractivity contribution in [2.45, 2.75) is 54.9 Å². The number of hydrogen-bond donors (Lipinski definition) is 8. The Bertz CT molecular complexity index is 650. The van der Waals surface area contributed by atoms with E-state index in [0.29, 0.717) is 0 Å². The third kappa shape index (κ3) is 4.53. The molecule has 30 heavy (non-hydrogen) atoms. The van der Waals surface area contributed by atoms with Gasteiger partial charge in [0, 0.05) is 6.42 Å². The number of aliphatic hydroxyl groups is 8. The zero-order valence-corrected chi connectivity index (χ0v) is 15.8. The molecule has 0 radical (unpaired) electrons. The van der Waals surface area contributed by atoms with Gasteiger partial charge in [0.1, 0.15) is 37.1 Å². The molecule has 0 aromatic heterocycles. The number of ether oxygens (including phenoxy) is 4. The van der Waals surface area contributed by atoms with Gasteiger partial charge in [-0.3, -0.25) is 0 Å². The Hall–Kier alpha value is -1.97. The number of esters is 1. The first-order valence-electron chi connectivity index (χ1n) is 8.96. The van der Waals surface area contributed by atoms with E-state index in [2.05, 4.69) is 6.58 Å². The molecular weight excluding hydrogens is 412 g/mol. The van der Waals surface area contributed by atoms with Crippen LogP contribution < -0.4 is 0 Å². The van der Waals surface area contributed by atoms with E-state index in [-0.39, 0.29) is 0 Å². The topological polar surface area (TPSA) is 216 Å². The fraction of sp³-hybridized carbons (Fsp3) is 0.706. The maximum absolute atomic E-state index is 12.3. The summed E-state index contributed by atoms with van der Waals surface area (Å²) < 4.78 is 20.2. The highest BCUT2D eigenvalue weighted by molar-refractivity contribution is 5.90. The molecule has 2 rings (SSSR count). The Morgan fingerprint density at radius 3 is 2.40 bits per heavy atom. The number of aliphatic hydroxyl groups excluding tert-OH is 8. The SMILES string of the molecule is C=COC[C@H](O)[C@@]1(CC(O)CO)OC(=O)C(OC2O[C@H](CO)[C@@H](O)[C@H](O)[C@H]2O)=C1O. The van der Waals surface area contributed by atoms with Gasteiger partial charge in [-0.1, -0.05) is 6.58 Å². The van der Waals surface area contributed by atoms with E-state index in [4.69, 9.17) is 24.1 Å². The third-order valence-electron chi connectivity index (χ3n) is 4.82. The van der Waals surface area contributed by atoms with Crippen molar-refractivity contribution in [1.29, 1.82) is 0 Å². The lowest BCUT2D eigenvalue weighted by Gasteiger charge is -2.39. The summed E-state index contributed by atoms with van der Waals surface area (Å²) >= 11 is 0. The fourth-order valence-corrected chi connectivity index (χ4v) is 3.14. The van der Waals surface area contributed by atoms with Crippen molar-refractivity contribution >= 4 is 5.97 Å². The molecule has 2 aliphatic rings. The molecule has 8 atom stereocenters. The molecule has 0 aromatic carbocycles. The Labute approximate surface area is 170 Å². The summed E-state index contributed by atoms with van der Waals surface area (Å²) in [4.78, 5) is 12.3. The second kappa shape index (κ2) is 9.89. The minimum atomic E-state index is -2.27. The third-order valence-corrected chi connectivity index (χ3v) is 4.82. The van der Waals surface area contributed by atoms with Gasteiger partial charge < -0.3 is 59.8 Å². The van der Waals surface area contributed by atoms with Gasteiger partial charge in [-0.15, -0.1) is 0 Å². The average molecular weight is 438 g/mol. The molecule has 0 bridgehead atoms. The molecule has 8 N–H and O–H groups in total. The first-order valence-corrected chi connectivity index (χ1v) is 8.96. The van der Waals surface area contributed by atoms with E-state index in [1.165, 1.54) is 0 Å². The summed E-state index contributed by atoms with van der Waals surface area (Å²) in [6, 6.07) is 0. The molecule has 172 valence electrons. The average Bonchev–Trinajstić information content (AvgIpc) is 2.96. The lowest BCUT2D eigenvalue weighted by atomic mass is 9.88. The highest BCUT2D eigenvalue weighted by Crippen LogP contribution is 2.40. The molecule has 2 unspecified atom stereocenters. The molecule has 1 saturated heterocycles. The Balaban J connectivity index is 2.35. The van der Waals surface area contributed by atoms with Crippen molar-refractivity contribution in [2.75, 3.05) is 19.8 Å². The molecule has 0 aromatic rings. The van der Waals surface area contributed by atoms with Gasteiger partial charge in [0.25, 0.3) is 0 Å². The Morgan fingerprint density at radius 1 is 1.17 bits per heavy atom. The number of rotatable bonds is 10. The molecular formula is C17H26O13. The summed E-state index contributed by atoms with van der Waals surface area (Å²) in [6.45, 7) is 1.22. The maximum Gasteiger partial charge on any atom is 0.378 e. The van der Waals surface area contributed by atoms with E-state index in [1.54, 1.807) is 0 Å². The van der Waals surface area contributed by atoms with Crippen LogP contribution in [0, 0.1) is 0 Å². The van der Waals surface area contributed by atoms with Gasteiger partial charge in [0.15, 0.2) is 5.76 Å². The van der Waals surface area contributed by atoms with Gasteiger partial charge >= 0.3 is 5.97 Å². The summed E-state index contributed by atoms with van der Waals surface area (Å²) in [7, 11) is 0. The van der Waals surface area contributed by atoms with Crippen LogP contribution in [0.5, 0.6) is 0 Å². The van der Waals surface area contributed by atoms with E-state index in [1.807, 2.05) is 0 Å². The minimum Gasteiger partial charge on any atom is -0.505 e. The predicted molar refractivity (Wildman–Crippen MR) is 93.2 cm³/mol. The molecule has 13 nitrogen and oxygen atoms in total. The van der Waals surface area contributed by atoms with Gasteiger partial charge in [0.05, 0.1) is 25.6 Å². The molecule has 2 heterocycles. The first-order chi connectivity index (χ1) is 14.1. The van der Waals surface area contributed by atoms with Gasteiger partial charge in [-0.25, -0.2) is 4.79 Å². The van der Waals surface area contributed by atoms with Crippen LogP contribution >= 0.6 is 0 Å². The van der Waals surface area contributed by atoms with Crippen LogP contribution in [0.15, 0.2) is 24.4 Å². The highest BCUT2D eigenvalue weighted by atomic mass is 16.7. The van der Waals surface area contributed by atoms with Crippen LogP contribution in [0.1, 0.15) is 6.42 Å². The van der Waals surface area contributed by atoms with Gasteiger partial charge in [-0.2, -0.15) is 0 Å². The van der Waals surface area contributed by atoms with Crippen molar-refractivity contribution < 1.29 is 64.6 Å². The molecule has 2 aliphatic heterocycles. The van der Waals surface area contributed by atoms with Crippen LogP contribution in [0.4, 0.5) is 0 Å². The second-order valence-corrected chi connectivity index (χ2v) is 6.83. The van der Waals surface area contributed by atoms with Gasteiger partial charge in [-0.05, 0) is 0 Å². The highest BCUT2D eigenvalue weighted by Gasteiger charge is 2.57. The smallest absolute Gasteiger partial charge is 0.378 e.